The van der Waals surface area contributed by atoms with Gasteiger partial charge in [-0.2, -0.15) is 17.9 Å². The fourth-order valence-corrected chi connectivity index (χ4v) is 2.90. The molecular weight excluding hydrogens is 226 g/mol. The zero-order chi connectivity index (χ0) is 13.0. The third-order valence-corrected chi connectivity index (χ3v) is 3.57. The number of nitrogens with two attached hydrogens (primary N) is 1. The van der Waals surface area contributed by atoms with Gasteiger partial charge in [0.15, 0.2) is 0 Å². The maximum Gasteiger partial charge on any atom is 0.277 e. The summed E-state index contributed by atoms with van der Waals surface area (Å²) in [6.07, 6.45) is 0.627. The summed E-state index contributed by atoms with van der Waals surface area (Å²) in [6.45, 7) is 10.0. The van der Waals surface area contributed by atoms with Gasteiger partial charge in [0.25, 0.3) is 10.2 Å². The molecule has 1 atom stereocenters. The van der Waals surface area contributed by atoms with E-state index in [-0.39, 0.29) is 17.5 Å². The van der Waals surface area contributed by atoms with Gasteiger partial charge in [0.2, 0.25) is 0 Å². The van der Waals surface area contributed by atoms with Gasteiger partial charge >= 0.3 is 0 Å². The lowest BCUT2D eigenvalue weighted by Crippen LogP contribution is -2.50. The molecule has 0 aliphatic heterocycles. The summed E-state index contributed by atoms with van der Waals surface area (Å²) in [5, 5.41) is 0. The van der Waals surface area contributed by atoms with E-state index in [0.29, 0.717) is 13.0 Å². The van der Waals surface area contributed by atoms with Crippen molar-refractivity contribution in [2.45, 2.75) is 53.1 Å². The Morgan fingerprint density at radius 2 is 1.69 bits per heavy atom. The summed E-state index contributed by atoms with van der Waals surface area (Å²) in [6, 6.07) is -0.273. The number of hydrogen-bond acceptors (Lipinski definition) is 3. The lowest BCUT2D eigenvalue weighted by atomic mass is 9.85. The predicted molar refractivity (Wildman–Crippen MR) is 67.2 cm³/mol. The van der Waals surface area contributed by atoms with Crippen LogP contribution in [-0.2, 0) is 10.2 Å². The largest absolute Gasteiger partial charge is 0.330 e. The van der Waals surface area contributed by atoms with Crippen molar-refractivity contribution >= 4 is 10.2 Å². The van der Waals surface area contributed by atoms with Crippen LogP contribution in [0.15, 0.2) is 0 Å². The topological polar surface area (TPSA) is 84.2 Å². The van der Waals surface area contributed by atoms with Crippen molar-refractivity contribution in [3.8, 4) is 0 Å². The van der Waals surface area contributed by atoms with E-state index in [9.17, 15) is 8.42 Å². The molecule has 0 aliphatic carbocycles. The summed E-state index contributed by atoms with van der Waals surface area (Å²) in [7, 11) is -3.44. The molecule has 6 heteroatoms. The molecule has 1 unspecified atom stereocenters. The monoisotopic (exact) mass is 251 g/mol. The van der Waals surface area contributed by atoms with Gasteiger partial charge in [-0.1, -0.05) is 20.8 Å². The molecule has 4 N–H and O–H groups in total. The molecule has 0 radical (unpaired) electrons. The fourth-order valence-electron chi connectivity index (χ4n) is 1.37. The van der Waals surface area contributed by atoms with Crippen LogP contribution in [-0.4, -0.2) is 27.0 Å². The Bertz CT molecular complexity index is 294. The Hall–Kier alpha value is -0.170. The van der Waals surface area contributed by atoms with Crippen LogP contribution >= 0.6 is 0 Å². The van der Waals surface area contributed by atoms with Crippen molar-refractivity contribution in [2.24, 2.45) is 11.1 Å². The van der Waals surface area contributed by atoms with E-state index in [1.54, 1.807) is 13.8 Å². The molecule has 0 heterocycles. The molecule has 0 spiro atoms. The molecule has 0 saturated carbocycles. The molecule has 0 bridgehead atoms. The summed E-state index contributed by atoms with van der Waals surface area (Å²) < 4.78 is 28.6. The lowest BCUT2D eigenvalue weighted by Gasteiger charge is -2.31. The Morgan fingerprint density at radius 3 is 2.00 bits per heavy atom. The minimum atomic E-state index is -3.44. The predicted octanol–water partition coefficient (Wildman–Crippen LogP) is 0.582. The van der Waals surface area contributed by atoms with Gasteiger partial charge in [0.05, 0.1) is 0 Å². The van der Waals surface area contributed by atoms with Crippen molar-refractivity contribution in [3.63, 3.8) is 0 Å². The molecule has 0 fully saturated rings. The van der Waals surface area contributed by atoms with Gasteiger partial charge in [-0.3, -0.25) is 0 Å². The van der Waals surface area contributed by atoms with Gasteiger partial charge in [0, 0.05) is 12.1 Å². The van der Waals surface area contributed by atoms with Crippen molar-refractivity contribution < 1.29 is 8.42 Å². The first-order valence-corrected chi connectivity index (χ1v) is 7.06. The van der Waals surface area contributed by atoms with Gasteiger partial charge in [-0.15, -0.1) is 0 Å². The average Bonchev–Trinajstić information content (AvgIpc) is 1.98. The third kappa shape index (κ3) is 6.42. The highest BCUT2D eigenvalue weighted by atomic mass is 32.2. The molecule has 0 aromatic carbocycles. The van der Waals surface area contributed by atoms with Crippen molar-refractivity contribution in [1.82, 2.24) is 9.44 Å². The second-order valence-electron chi connectivity index (χ2n) is 5.39. The van der Waals surface area contributed by atoms with Crippen molar-refractivity contribution in [1.29, 1.82) is 0 Å². The van der Waals surface area contributed by atoms with Crippen LogP contribution in [0.25, 0.3) is 0 Å². The first kappa shape index (κ1) is 15.8. The Balaban J connectivity index is 4.63. The van der Waals surface area contributed by atoms with Crippen LogP contribution in [0.2, 0.25) is 0 Å². The second-order valence-corrected chi connectivity index (χ2v) is 6.87. The number of rotatable bonds is 6. The Labute approximate surface area is 99.4 Å². The zero-order valence-electron chi connectivity index (χ0n) is 10.9. The molecule has 98 valence electrons. The van der Waals surface area contributed by atoms with Crippen LogP contribution in [0, 0.1) is 5.41 Å². The van der Waals surface area contributed by atoms with Gasteiger partial charge in [0.1, 0.15) is 0 Å². The fraction of sp³-hybridized carbons (Fsp3) is 1.00. The molecule has 0 aromatic rings. The van der Waals surface area contributed by atoms with Gasteiger partial charge in [-0.25, -0.2) is 0 Å². The minimum absolute atomic E-state index is 0.115. The molecule has 5 nitrogen and oxygen atoms in total. The van der Waals surface area contributed by atoms with E-state index < -0.39 is 10.2 Å². The molecule has 0 rings (SSSR count). The number of hydrogen-bond donors (Lipinski definition) is 3. The first-order chi connectivity index (χ1) is 7.08. The van der Waals surface area contributed by atoms with Crippen molar-refractivity contribution in [2.75, 3.05) is 6.54 Å². The van der Waals surface area contributed by atoms with Gasteiger partial charge in [-0.05, 0) is 32.2 Å². The van der Waals surface area contributed by atoms with E-state index in [2.05, 4.69) is 9.44 Å². The highest BCUT2D eigenvalue weighted by Gasteiger charge is 2.28. The quantitative estimate of drug-likeness (QED) is 0.645. The van der Waals surface area contributed by atoms with Crippen LogP contribution in [0.1, 0.15) is 41.0 Å². The van der Waals surface area contributed by atoms with Crippen LogP contribution in [0.5, 0.6) is 0 Å². The Morgan fingerprint density at radius 1 is 1.19 bits per heavy atom. The standard InChI is InChI=1S/C10H25N3O2S/c1-8(2)12-16(14,15)13-9(6-7-11)10(3,4)5/h8-9,12-13H,6-7,11H2,1-5H3. The summed E-state index contributed by atoms with van der Waals surface area (Å²) in [5.74, 6) is 0. The van der Waals surface area contributed by atoms with Crippen LogP contribution in [0.3, 0.4) is 0 Å². The number of nitrogens with one attached hydrogen (secondary N) is 2. The third-order valence-electron chi connectivity index (χ3n) is 2.19. The molecule has 0 amide bonds. The SMILES string of the molecule is CC(C)NS(=O)(=O)NC(CCN)C(C)(C)C. The average molecular weight is 251 g/mol. The summed E-state index contributed by atoms with van der Waals surface area (Å²) >= 11 is 0. The molecule has 16 heavy (non-hydrogen) atoms. The lowest BCUT2D eigenvalue weighted by molar-refractivity contribution is 0.286. The van der Waals surface area contributed by atoms with Crippen LogP contribution < -0.4 is 15.2 Å². The Kier molecular flexibility index (Phi) is 5.89. The van der Waals surface area contributed by atoms with Crippen molar-refractivity contribution in [3.05, 3.63) is 0 Å². The molecule has 0 saturated heterocycles. The van der Waals surface area contributed by atoms with E-state index >= 15 is 0 Å². The van der Waals surface area contributed by atoms with E-state index in [1.165, 1.54) is 0 Å². The van der Waals surface area contributed by atoms with E-state index in [4.69, 9.17) is 5.73 Å². The van der Waals surface area contributed by atoms with Gasteiger partial charge < -0.3 is 5.73 Å². The normalized spacial score (nSPS) is 15.4. The molecule has 0 aliphatic rings. The second kappa shape index (κ2) is 5.95. The van der Waals surface area contributed by atoms with E-state index in [0.717, 1.165) is 0 Å². The highest BCUT2D eigenvalue weighted by molar-refractivity contribution is 7.87. The van der Waals surface area contributed by atoms with E-state index in [1.807, 2.05) is 20.8 Å². The minimum Gasteiger partial charge on any atom is -0.330 e. The summed E-state index contributed by atoms with van der Waals surface area (Å²) in [5.41, 5.74) is 5.34. The highest BCUT2D eigenvalue weighted by Crippen LogP contribution is 2.21. The zero-order valence-corrected chi connectivity index (χ0v) is 11.7. The maximum absolute atomic E-state index is 11.7. The summed E-state index contributed by atoms with van der Waals surface area (Å²) in [4.78, 5) is 0. The molecular formula is C10H25N3O2S. The first-order valence-electron chi connectivity index (χ1n) is 5.58. The smallest absolute Gasteiger partial charge is 0.277 e. The maximum atomic E-state index is 11.7. The van der Waals surface area contributed by atoms with Crippen LogP contribution in [0.4, 0.5) is 0 Å². The molecule has 0 aromatic heterocycles.